The minimum atomic E-state index is -3.65. The molecule has 0 N–H and O–H groups in total. The van der Waals surface area contributed by atoms with Gasteiger partial charge in [0, 0.05) is 25.5 Å². The number of sulfone groups is 1. The van der Waals surface area contributed by atoms with Crippen molar-refractivity contribution >= 4 is 19.9 Å². The third kappa shape index (κ3) is 3.60. The van der Waals surface area contributed by atoms with Crippen molar-refractivity contribution in [2.45, 2.75) is 27.9 Å². The van der Waals surface area contributed by atoms with Crippen LogP contribution in [0.15, 0.2) is 58.6 Å². The Bertz CT molecular complexity index is 950. The molecule has 2 aromatic rings. The van der Waals surface area contributed by atoms with Gasteiger partial charge in [0.2, 0.25) is 10.0 Å². The van der Waals surface area contributed by atoms with E-state index in [2.05, 4.69) is 4.98 Å². The quantitative estimate of drug-likeness (QED) is 0.764. The lowest BCUT2D eigenvalue weighted by Crippen LogP contribution is -2.42. The number of hydrogen-bond donors (Lipinski definition) is 0. The Labute approximate surface area is 153 Å². The molecule has 7 nitrogen and oxygen atoms in total. The van der Waals surface area contributed by atoms with Gasteiger partial charge in [-0.2, -0.15) is 4.31 Å². The molecule has 1 aromatic carbocycles. The van der Waals surface area contributed by atoms with Crippen molar-refractivity contribution in [1.82, 2.24) is 9.29 Å². The topological polar surface area (TPSA) is 93.6 Å². The van der Waals surface area contributed by atoms with Gasteiger partial charge in [-0.15, -0.1) is 0 Å². The molecule has 1 aliphatic rings. The molecule has 3 rings (SSSR count). The van der Waals surface area contributed by atoms with E-state index < -0.39 is 25.1 Å². The first-order chi connectivity index (χ1) is 12.4. The van der Waals surface area contributed by atoms with Gasteiger partial charge in [0.25, 0.3) is 0 Å². The summed E-state index contributed by atoms with van der Waals surface area (Å²) in [5.41, 5.74) is 0. The lowest BCUT2D eigenvalue weighted by Gasteiger charge is -2.30. The summed E-state index contributed by atoms with van der Waals surface area (Å²) in [4.78, 5) is 4.19. The van der Waals surface area contributed by atoms with Gasteiger partial charge >= 0.3 is 0 Å². The van der Waals surface area contributed by atoms with Gasteiger partial charge in [0.1, 0.15) is 10.6 Å². The monoisotopic (exact) mass is 396 g/mol. The second-order valence-electron chi connectivity index (χ2n) is 6.01. The zero-order valence-corrected chi connectivity index (χ0v) is 15.9. The molecular weight excluding hydrogens is 376 g/mol. The van der Waals surface area contributed by atoms with Crippen molar-refractivity contribution < 1.29 is 21.6 Å². The van der Waals surface area contributed by atoms with E-state index in [0.717, 1.165) is 0 Å². The summed E-state index contributed by atoms with van der Waals surface area (Å²) < 4.78 is 57.2. The predicted molar refractivity (Wildman–Crippen MR) is 96.2 cm³/mol. The van der Waals surface area contributed by atoms with Crippen molar-refractivity contribution in [3.8, 4) is 5.75 Å². The molecule has 140 valence electrons. The normalized spacial score (nSPS) is 17.1. The average molecular weight is 396 g/mol. The number of hydrogen-bond acceptors (Lipinski definition) is 6. The maximum atomic E-state index is 12.8. The maximum Gasteiger partial charge on any atom is 0.244 e. The average Bonchev–Trinajstić information content (AvgIpc) is 2.69. The minimum absolute atomic E-state index is 0.122. The highest BCUT2D eigenvalue weighted by Crippen LogP contribution is 2.28. The lowest BCUT2D eigenvalue weighted by molar-refractivity contribution is 0.345. The molecule has 0 atom stereocenters. The van der Waals surface area contributed by atoms with Gasteiger partial charge in [0.05, 0.1) is 17.3 Å². The van der Waals surface area contributed by atoms with Crippen molar-refractivity contribution in [2.24, 2.45) is 0 Å². The smallest absolute Gasteiger partial charge is 0.244 e. The van der Waals surface area contributed by atoms with Crippen LogP contribution in [0.2, 0.25) is 0 Å². The third-order valence-electron chi connectivity index (χ3n) is 4.50. The number of aromatic nitrogens is 1. The summed E-state index contributed by atoms with van der Waals surface area (Å²) in [6, 6.07) is 9.31. The largest absolute Gasteiger partial charge is 0.497 e. The van der Waals surface area contributed by atoms with E-state index in [-0.39, 0.29) is 35.7 Å². The van der Waals surface area contributed by atoms with Crippen LogP contribution < -0.4 is 4.74 Å². The highest BCUT2D eigenvalue weighted by Gasteiger charge is 2.35. The fraction of sp³-hybridized carbons (Fsp3) is 0.353. The number of sulfonamides is 1. The zero-order valence-electron chi connectivity index (χ0n) is 14.3. The molecule has 9 heteroatoms. The molecular formula is C17H20N2O5S2. The van der Waals surface area contributed by atoms with Gasteiger partial charge < -0.3 is 4.74 Å². The first-order valence-electron chi connectivity index (χ1n) is 8.14. The van der Waals surface area contributed by atoms with E-state index >= 15 is 0 Å². The molecule has 0 radical (unpaired) electrons. The number of nitrogens with zero attached hydrogens (tertiary/aromatic N) is 2. The Kier molecular flexibility index (Phi) is 5.31. The van der Waals surface area contributed by atoms with Crippen LogP contribution in [0.3, 0.4) is 0 Å². The van der Waals surface area contributed by atoms with Crippen molar-refractivity contribution in [3.05, 3.63) is 48.8 Å². The summed E-state index contributed by atoms with van der Waals surface area (Å²) in [7, 11) is -5.64. The second kappa shape index (κ2) is 7.34. The van der Waals surface area contributed by atoms with Crippen molar-refractivity contribution in [1.29, 1.82) is 0 Å². The van der Waals surface area contributed by atoms with E-state index in [1.54, 1.807) is 18.2 Å². The molecule has 2 heterocycles. The maximum absolute atomic E-state index is 12.8. The molecule has 0 unspecified atom stereocenters. The second-order valence-corrected chi connectivity index (χ2v) is 10.2. The number of methoxy groups -OCH3 is 1. The highest BCUT2D eigenvalue weighted by atomic mass is 32.2. The minimum Gasteiger partial charge on any atom is -0.497 e. The van der Waals surface area contributed by atoms with Crippen LogP contribution in [0.1, 0.15) is 12.8 Å². The number of piperidine rings is 1. The lowest BCUT2D eigenvalue weighted by atomic mass is 10.2. The number of pyridine rings is 1. The van der Waals surface area contributed by atoms with E-state index in [1.165, 1.54) is 42.0 Å². The Hall–Kier alpha value is -1.97. The molecule has 1 aliphatic heterocycles. The molecule has 26 heavy (non-hydrogen) atoms. The van der Waals surface area contributed by atoms with Gasteiger partial charge in [-0.05, 0) is 49.2 Å². The standard InChI is InChI=1S/C17H20N2O5S2/c1-24-14-4-6-15(7-5-14)25(20,21)16-8-11-19(12-9-16)26(22,23)17-3-2-10-18-13-17/h2-7,10,13,16H,8-9,11-12H2,1H3. The van der Waals surface area contributed by atoms with E-state index in [0.29, 0.717) is 5.75 Å². The van der Waals surface area contributed by atoms with E-state index in [9.17, 15) is 16.8 Å². The molecule has 0 bridgehead atoms. The van der Waals surface area contributed by atoms with Crippen LogP contribution in [-0.2, 0) is 19.9 Å². The van der Waals surface area contributed by atoms with Crippen LogP contribution in [-0.4, -0.2) is 51.6 Å². The SMILES string of the molecule is COc1ccc(S(=O)(=O)C2CCN(S(=O)(=O)c3cccnc3)CC2)cc1. The van der Waals surface area contributed by atoms with Crippen LogP contribution in [0, 0.1) is 0 Å². The summed E-state index contributed by atoms with van der Waals surface area (Å²) >= 11 is 0. The first-order valence-corrected chi connectivity index (χ1v) is 11.1. The van der Waals surface area contributed by atoms with Gasteiger partial charge in [-0.1, -0.05) is 0 Å². The molecule has 0 spiro atoms. The van der Waals surface area contributed by atoms with E-state index in [1.807, 2.05) is 0 Å². The Morgan fingerprint density at radius 2 is 1.65 bits per heavy atom. The third-order valence-corrected chi connectivity index (χ3v) is 8.66. The number of rotatable bonds is 5. The fourth-order valence-electron chi connectivity index (χ4n) is 2.99. The fourth-order valence-corrected chi connectivity index (χ4v) is 6.16. The Morgan fingerprint density at radius 3 is 2.19 bits per heavy atom. The van der Waals surface area contributed by atoms with Crippen molar-refractivity contribution in [3.63, 3.8) is 0 Å². The van der Waals surface area contributed by atoms with Crippen LogP contribution >= 0.6 is 0 Å². The summed E-state index contributed by atoms with van der Waals surface area (Å²) in [6.07, 6.45) is 3.32. The first kappa shape index (κ1) is 18.8. The van der Waals surface area contributed by atoms with Gasteiger partial charge in [0.15, 0.2) is 9.84 Å². The summed E-state index contributed by atoms with van der Waals surface area (Å²) in [5, 5.41) is -0.601. The van der Waals surface area contributed by atoms with Crippen molar-refractivity contribution in [2.75, 3.05) is 20.2 Å². The summed E-state index contributed by atoms with van der Waals surface area (Å²) in [5.74, 6) is 0.585. The van der Waals surface area contributed by atoms with E-state index in [4.69, 9.17) is 4.74 Å². The highest BCUT2D eigenvalue weighted by molar-refractivity contribution is 7.92. The molecule has 1 aromatic heterocycles. The van der Waals surface area contributed by atoms with Crippen LogP contribution in [0.25, 0.3) is 0 Å². The molecule has 1 fully saturated rings. The zero-order chi connectivity index (χ0) is 18.8. The van der Waals surface area contributed by atoms with Crippen LogP contribution in [0.4, 0.5) is 0 Å². The Morgan fingerprint density at radius 1 is 1.00 bits per heavy atom. The summed E-state index contributed by atoms with van der Waals surface area (Å²) in [6.45, 7) is 0.328. The molecule has 1 saturated heterocycles. The van der Waals surface area contributed by atoms with Crippen LogP contribution in [0.5, 0.6) is 5.75 Å². The molecule has 0 saturated carbocycles. The predicted octanol–water partition coefficient (Wildman–Crippen LogP) is 1.72. The Balaban J connectivity index is 1.73. The molecule has 0 aliphatic carbocycles. The van der Waals surface area contributed by atoms with Gasteiger partial charge in [-0.25, -0.2) is 16.8 Å². The number of ether oxygens (including phenoxy) is 1. The molecule has 0 amide bonds. The number of benzene rings is 1. The van der Waals surface area contributed by atoms with Gasteiger partial charge in [-0.3, -0.25) is 4.98 Å².